The molecule has 2 aromatic carbocycles. The third kappa shape index (κ3) is 6.28. The molecule has 0 bridgehead atoms. The lowest BCUT2D eigenvalue weighted by Gasteiger charge is -2.10. The Morgan fingerprint density at radius 3 is 1.97 bits per heavy atom. The first-order valence-corrected chi connectivity index (χ1v) is 10.4. The fraction of sp³-hybridized carbons (Fsp3) is 0.130. The molecular weight excluding hydrogens is 456 g/mol. The number of carbonyl (C=O) groups excluding carboxylic acids is 2. The molecule has 0 fully saturated rings. The Morgan fingerprint density at radius 2 is 1.40 bits per heavy atom. The van der Waals surface area contributed by atoms with Gasteiger partial charge in [-0.2, -0.15) is 9.97 Å². The largest absolute Gasteiger partial charge is 0.480 e. The van der Waals surface area contributed by atoms with Crippen LogP contribution in [0.1, 0.15) is 11.1 Å². The number of nitrogens with one attached hydrogen (secondary N) is 2. The minimum Gasteiger partial charge on any atom is -0.480 e. The number of carboxylic acids is 1. The average Bonchev–Trinajstić information content (AvgIpc) is 3.25. The normalized spacial score (nSPS) is 10.5. The van der Waals surface area contributed by atoms with Crippen LogP contribution >= 0.6 is 0 Å². The van der Waals surface area contributed by atoms with Crippen LogP contribution in [0.4, 0.5) is 21.4 Å². The predicted molar refractivity (Wildman–Crippen MR) is 123 cm³/mol. The van der Waals surface area contributed by atoms with Gasteiger partial charge in [-0.1, -0.05) is 60.7 Å². The molecule has 0 saturated carbocycles. The maximum atomic E-state index is 12.4. The second kappa shape index (κ2) is 10.7. The molecule has 35 heavy (non-hydrogen) atoms. The summed E-state index contributed by atoms with van der Waals surface area (Å²) in [7, 11) is 0. The zero-order chi connectivity index (χ0) is 24.6. The number of benzene rings is 2. The fourth-order valence-electron chi connectivity index (χ4n) is 3.06. The van der Waals surface area contributed by atoms with Gasteiger partial charge in [0.1, 0.15) is 19.8 Å². The summed E-state index contributed by atoms with van der Waals surface area (Å²) in [4.78, 5) is 48.2. The summed E-state index contributed by atoms with van der Waals surface area (Å²) < 4.78 is 11.6. The van der Waals surface area contributed by atoms with E-state index in [-0.39, 0.29) is 36.1 Å². The highest BCUT2D eigenvalue weighted by atomic mass is 16.6. The van der Waals surface area contributed by atoms with Crippen molar-refractivity contribution in [3.63, 3.8) is 0 Å². The van der Waals surface area contributed by atoms with Crippen LogP contribution in [0.3, 0.4) is 0 Å². The number of rotatable bonds is 8. The summed E-state index contributed by atoms with van der Waals surface area (Å²) in [6, 6.07) is 18.1. The Morgan fingerprint density at radius 1 is 0.829 bits per heavy atom. The number of amides is 2. The molecule has 0 aliphatic heterocycles. The van der Waals surface area contributed by atoms with E-state index >= 15 is 0 Å². The Bertz CT molecular complexity index is 1340. The van der Waals surface area contributed by atoms with E-state index in [9.17, 15) is 14.4 Å². The summed E-state index contributed by atoms with van der Waals surface area (Å²) in [5.41, 5.74) is 1.76. The van der Waals surface area contributed by atoms with Crippen molar-refractivity contribution in [1.82, 2.24) is 19.5 Å². The monoisotopic (exact) mass is 476 g/mol. The van der Waals surface area contributed by atoms with E-state index in [1.165, 1.54) is 10.9 Å². The highest BCUT2D eigenvalue weighted by Gasteiger charge is 2.18. The Labute approximate surface area is 198 Å². The molecule has 178 valence electrons. The van der Waals surface area contributed by atoms with Crippen molar-refractivity contribution < 1.29 is 29.0 Å². The van der Waals surface area contributed by atoms with Crippen LogP contribution in [0.5, 0.6) is 0 Å². The van der Waals surface area contributed by atoms with E-state index in [2.05, 4.69) is 25.6 Å². The van der Waals surface area contributed by atoms with Gasteiger partial charge in [0, 0.05) is 0 Å². The maximum Gasteiger partial charge on any atom is 0.414 e. The molecule has 4 aromatic rings. The number of nitrogens with zero attached hydrogens (tertiary/aromatic N) is 4. The number of ether oxygens (including phenoxy) is 2. The van der Waals surface area contributed by atoms with Gasteiger partial charge < -0.3 is 19.1 Å². The number of fused-ring (bicyclic) bond motifs is 1. The molecular formula is C23H20N6O6. The van der Waals surface area contributed by atoms with Gasteiger partial charge in [0.15, 0.2) is 17.0 Å². The van der Waals surface area contributed by atoms with E-state index in [4.69, 9.17) is 14.6 Å². The first-order chi connectivity index (χ1) is 17.0. The molecule has 0 atom stereocenters. The predicted octanol–water partition coefficient (Wildman–Crippen LogP) is 3.41. The molecule has 12 heteroatoms. The smallest absolute Gasteiger partial charge is 0.414 e. The summed E-state index contributed by atoms with van der Waals surface area (Å²) in [6.45, 7) is -0.405. The van der Waals surface area contributed by atoms with Crippen LogP contribution in [-0.2, 0) is 34.0 Å². The van der Waals surface area contributed by atoms with E-state index < -0.39 is 24.7 Å². The first-order valence-electron chi connectivity index (χ1n) is 10.4. The minimum atomic E-state index is -1.13. The van der Waals surface area contributed by atoms with Crippen molar-refractivity contribution in [3.05, 3.63) is 78.1 Å². The quantitative estimate of drug-likeness (QED) is 0.346. The van der Waals surface area contributed by atoms with Gasteiger partial charge in [0.25, 0.3) is 0 Å². The molecule has 0 aliphatic carbocycles. The van der Waals surface area contributed by atoms with Crippen LogP contribution in [0.2, 0.25) is 0 Å². The van der Waals surface area contributed by atoms with Crippen LogP contribution < -0.4 is 10.6 Å². The number of carbonyl (C=O) groups is 3. The summed E-state index contributed by atoms with van der Waals surface area (Å²) in [6.07, 6.45) is -0.416. The first kappa shape index (κ1) is 23.2. The Hall–Kier alpha value is -5.00. The second-order valence-corrected chi connectivity index (χ2v) is 7.21. The fourth-order valence-corrected chi connectivity index (χ4v) is 3.06. The van der Waals surface area contributed by atoms with Crippen LogP contribution in [0, 0.1) is 0 Å². The summed E-state index contributed by atoms with van der Waals surface area (Å²) >= 11 is 0. The van der Waals surface area contributed by atoms with Gasteiger partial charge in [-0.05, 0) is 11.1 Å². The van der Waals surface area contributed by atoms with Gasteiger partial charge >= 0.3 is 18.2 Å². The minimum absolute atomic E-state index is 0.0167. The molecule has 0 radical (unpaired) electrons. The van der Waals surface area contributed by atoms with Crippen LogP contribution in [0.15, 0.2) is 67.0 Å². The Balaban J connectivity index is 1.52. The number of carboxylic acid groups (broad SMARTS) is 1. The van der Waals surface area contributed by atoms with Gasteiger partial charge in [-0.15, -0.1) is 0 Å². The molecule has 0 saturated heterocycles. The van der Waals surface area contributed by atoms with E-state index in [1.807, 2.05) is 36.4 Å². The molecule has 2 heterocycles. The number of aliphatic carboxylic acids is 1. The van der Waals surface area contributed by atoms with Crippen molar-refractivity contribution in [1.29, 1.82) is 0 Å². The van der Waals surface area contributed by atoms with Gasteiger partial charge in [0.05, 0.1) is 6.33 Å². The standard InChI is InChI=1S/C23H20N6O6/c30-17(31)11-29-14-24-18-19(26-22(32)34-12-15-7-3-1-4-8-15)25-21(27-20(18)29)28-23(33)35-13-16-9-5-2-6-10-16/h1-10,14H,11-13H2,(H,30,31)(H2,25,26,27,28,32,33). The molecule has 4 rings (SSSR count). The lowest BCUT2D eigenvalue weighted by molar-refractivity contribution is -0.137. The molecule has 12 nitrogen and oxygen atoms in total. The molecule has 0 spiro atoms. The van der Waals surface area contributed by atoms with Crippen molar-refractivity contribution in [2.45, 2.75) is 19.8 Å². The van der Waals surface area contributed by atoms with Gasteiger partial charge in [0.2, 0.25) is 5.95 Å². The highest BCUT2D eigenvalue weighted by Crippen LogP contribution is 2.21. The van der Waals surface area contributed by atoms with Crippen LogP contribution in [0.25, 0.3) is 11.2 Å². The zero-order valence-electron chi connectivity index (χ0n) is 18.2. The van der Waals surface area contributed by atoms with E-state index in [0.29, 0.717) is 0 Å². The maximum absolute atomic E-state index is 12.4. The van der Waals surface area contributed by atoms with Crippen molar-refractivity contribution >= 4 is 41.1 Å². The molecule has 0 aliphatic rings. The van der Waals surface area contributed by atoms with Crippen molar-refractivity contribution in [2.24, 2.45) is 0 Å². The molecule has 2 amide bonds. The third-order valence-corrected chi connectivity index (χ3v) is 4.63. The van der Waals surface area contributed by atoms with Crippen LogP contribution in [-0.4, -0.2) is 42.8 Å². The second-order valence-electron chi connectivity index (χ2n) is 7.21. The molecule has 3 N–H and O–H groups in total. The SMILES string of the molecule is O=C(O)Cn1cnc2c(NC(=O)OCc3ccccc3)nc(NC(=O)OCc3ccccc3)nc21. The Kier molecular flexibility index (Phi) is 7.11. The molecule has 2 aromatic heterocycles. The van der Waals surface area contributed by atoms with Crippen molar-refractivity contribution in [2.75, 3.05) is 10.6 Å². The lowest BCUT2D eigenvalue weighted by Crippen LogP contribution is -2.19. The third-order valence-electron chi connectivity index (χ3n) is 4.63. The van der Waals surface area contributed by atoms with E-state index in [0.717, 1.165) is 11.1 Å². The average molecular weight is 476 g/mol. The lowest BCUT2D eigenvalue weighted by atomic mass is 10.2. The molecule has 0 unspecified atom stereocenters. The summed E-state index contributed by atoms with van der Waals surface area (Å²) in [5.74, 6) is -1.42. The highest BCUT2D eigenvalue weighted by molar-refractivity contribution is 5.95. The number of anilines is 2. The zero-order valence-corrected chi connectivity index (χ0v) is 18.2. The van der Waals surface area contributed by atoms with Gasteiger partial charge in [-0.3, -0.25) is 15.4 Å². The van der Waals surface area contributed by atoms with Gasteiger partial charge in [-0.25, -0.2) is 14.6 Å². The van der Waals surface area contributed by atoms with Crippen molar-refractivity contribution in [3.8, 4) is 0 Å². The number of aromatic nitrogens is 4. The number of hydrogen-bond acceptors (Lipinski definition) is 8. The summed E-state index contributed by atoms with van der Waals surface area (Å²) in [5, 5.41) is 14.0. The number of imidazole rings is 1. The number of hydrogen-bond donors (Lipinski definition) is 3. The topological polar surface area (TPSA) is 158 Å². The van der Waals surface area contributed by atoms with E-state index in [1.54, 1.807) is 24.3 Å².